The Balaban J connectivity index is 1.47. The van der Waals surface area contributed by atoms with Crippen LogP contribution >= 0.6 is 0 Å². The van der Waals surface area contributed by atoms with E-state index in [2.05, 4.69) is 10.2 Å². The maximum Gasteiger partial charge on any atom is 0.161 e. The van der Waals surface area contributed by atoms with E-state index in [9.17, 15) is 5.11 Å². The molecule has 2 bridgehead atoms. The van der Waals surface area contributed by atoms with E-state index >= 15 is 0 Å². The Morgan fingerprint density at radius 3 is 2.76 bits per heavy atom. The number of nitrogens with one attached hydrogen (secondary N) is 1. The zero-order valence-corrected chi connectivity index (χ0v) is 19.2. The molecule has 0 aliphatic carbocycles. The molecule has 2 aromatic heterocycles. The van der Waals surface area contributed by atoms with Crippen molar-refractivity contribution in [2.24, 2.45) is 0 Å². The highest BCUT2D eigenvalue weighted by molar-refractivity contribution is 5.91. The molecule has 0 amide bonds. The van der Waals surface area contributed by atoms with Gasteiger partial charge in [0.2, 0.25) is 0 Å². The number of ether oxygens (including phenoxy) is 3. The summed E-state index contributed by atoms with van der Waals surface area (Å²) in [5.41, 5.74) is 3.24. The van der Waals surface area contributed by atoms with E-state index in [1.54, 1.807) is 7.11 Å². The number of hydrogen-bond donors (Lipinski definition) is 2. The summed E-state index contributed by atoms with van der Waals surface area (Å²) in [5, 5.41) is 14.1. The summed E-state index contributed by atoms with van der Waals surface area (Å²) in [5.74, 6) is 2.28. The van der Waals surface area contributed by atoms with E-state index in [0.29, 0.717) is 36.8 Å². The van der Waals surface area contributed by atoms with Crippen molar-refractivity contribution >= 4 is 16.7 Å². The van der Waals surface area contributed by atoms with Gasteiger partial charge < -0.3 is 29.5 Å². The van der Waals surface area contributed by atoms with Crippen molar-refractivity contribution < 1.29 is 19.3 Å². The van der Waals surface area contributed by atoms with Crippen LogP contribution in [0.25, 0.3) is 22.2 Å². The lowest BCUT2D eigenvalue weighted by Gasteiger charge is -2.36. The molecule has 6 rings (SSSR count). The average Bonchev–Trinajstić information content (AvgIpc) is 3.14. The Labute approximate surface area is 198 Å². The van der Waals surface area contributed by atoms with Gasteiger partial charge in [0, 0.05) is 30.4 Å². The maximum atomic E-state index is 9.75. The Hall–Kier alpha value is -2.85. The maximum absolute atomic E-state index is 9.75. The van der Waals surface area contributed by atoms with Gasteiger partial charge in [-0.1, -0.05) is 0 Å². The third kappa shape index (κ3) is 3.78. The lowest BCUT2D eigenvalue weighted by Crippen LogP contribution is -2.46. The number of pyridine rings is 1. The van der Waals surface area contributed by atoms with Crippen LogP contribution in [0.1, 0.15) is 30.3 Å². The average molecular weight is 464 g/mol. The zero-order valence-electron chi connectivity index (χ0n) is 19.2. The van der Waals surface area contributed by atoms with Gasteiger partial charge in [-0.25, -0.2) is 9.97 Å². The summed E-state index contributed by atoms with van der Waals surface area (Å²) in [6, 6.07) is 8.37. The van der Waals surface area contributed by atoms with Crippen molar-refractivity contribution in [3.8, 4) is 17.0 Å². The number of benzene rings is 1. The quantitative estimate of drug-likeness (QED) is 0.590. The van der Waals surface area contributed by atoms with E-state index in [1.807, 2.05) is 30.5 Å². The number of nitrogens with zero attached hydrogens (tertiary/aromatic N) is 4. The SMILES string of the molecule is COc1ccc(-c2cc3nc(C4CNCCO4)nc(N4[C@@H]5CC[C@H]4COC5)c3cn2)cc1CO. The minimum absolute atomic E-state index is 0.104. The van der Waals surface area contributed by atoms with Crippen LogP contribution in [0.3, 0.4) is 0 Å². The highest BCUT2D eigenvalue weighted by Gasteiger charge is 2.39. The highest BCUT2D eigenvalue weighted by Crippen LogP contribution is 2.38. The van der Waals surface area contributed by atoms with Crippen LogP contribution in [0.15, 0.2) is 30.5 Å². The van der Waals surface area contributed by atoms with Crippen LogP contribution in [-0.2, 0) is 16.1 Å². The van der Waals surface area contributed by atoms with Gasteiger partial charge in [-0.3, -0.25) is 4.98 Å². The molecule has 9 nitrogen and oxygen atoms in total. The Kier molecular flexibility index (Phi) is 5.78. The summed E-state index contributed by atoms with van der Waals surface area (Å²) in [6.07, 6.45) is 3.90. The number of methoxy groups -OCH3 is 1. The van der Waals surface area contributed by atoms with Crippen LogP contribution in [0.5, 0.6) is 5.75 Å². The lowest BCUT2D eigenvalue weighted by atomic mass is 10.1. The highest BCUT2D eigenvalue weighted by atomic mass is 16.5. The number of rotatable bonds is 5. The smallest absolute Gasteiger partial charge is 0.161 e. The molecular weight excluding hydrogens is 434 g/mol. The first-order chi connectivity index (χ1) is 16.7. The van der Waals surface area contributed by atoms with E-state index in [4.69, 9.17) is 29.2 Å². The van der Waals surface area contributed by atoms with E-state index < -0.39 is 0 Å². The largest absolute Gasteiger partial charge is 0.496 e. The fourth-order valence-electron chi connectivity index (χ4n) is 5.29. The van der Waals surface area contributed by atoms with Gasteiger partial charge in [0.15, 0.2) is 5.82 Å². The van der Waals surface area contributed by atoms with E-state index in [0.717, 1.165) is 66.1 Å². The Morgan fingerprint density at radius 1 is 1.18 bits per heavy atom. The number of aliphatic hydroxyl groups is 1. The molecule has 0 spiro atoms. The molecule has 3 aliphatic heterocycles. The number of anilines is 1. The van der Waals surface area contributed by atoms with E-state index in [-0.39, 0.29) is 12.7 Å². The fraction of sp³-hybridized carbons (Fsp3) is 0.480. The van der Waals surface area contributed by atoms with Gasteiger partial charge in [0.05, 0.1) is 62.2 Å². The molecule has 3 aromatic rings. The molecule has 5 heterocycles. The van der Waals surface area contributed by atoms with Crippen molar-refractivity contribution in [3.63, 3.8) is 0 Å². The molecule has 178 valence electrons. The van der Waals surface area contributed by atoms with Crippen molar-refractivity contribution in [2.45, 2.75) is 37.6 Å². The molecule has 3 aliphatic rings. The third-order valence-electron chi connectivity index (χ3n) is 7.03. The monoisotopic (exact) mass is 463 g/mol. The number of morpholine rings is 2. The summed E-state index contributed by atoms with van der Waals surface area (Å²) in [4.78, 5) is 17.2. The molecule has 0 radical (unpaired) electrons. The lowest BCUT2D eigenvalue weighted by molar-refractivity contribution is 0.0223. The molecule has 3 atom stereocenters. The van der Waals surface area contributed by atoms with Crippen molar-refractivity contribution in [1.29, 1.82) is 0 Å². The van der Waals surface area contributed by atoms with Gasteiger partial charge in [-0.2, -0.15) is 0 Å². The van der Waals surface area contributed by atoms with Gasteiger partial charge in [0.25, 0.3) is 0 Å². The third-order valence-corrected chi connectivity index (χ3v) is 7.03. The van der Waals surface area contributed by atoms with Crippen LogP contribution < -0.4 is 15.0 Å². The summed E-state index contributed by atoms with van der Waals surface area (Å²) in [7, 11) is 1.60. The molecule has 34 heavy (non-hydrogen) atoms. The first kappa shape index (κ1) is 21.7. The first-order valence-corrected chi connectivity index (χ1v) is 11.9. The van der Waals surface area contributed by atoms with Crippen molar-refractivity contribution in [1.82, 2.24) is 20.3 Å². The normalized spacial score (nSPS) is 24.5. The second-order valence-corrected chi connectivity index (χ2v) is 9.07. The predicted octanol–water partition coefficient (Wildman–Crippen LogP) is 2.22. The predicted molar refractivity (Wildman–Crippen MR) is 127 cm³/mol. The molecule has 3 saturated heterocycles. The van der Waals surface area contributed by atoms with Gasteiger partial charge in [-0.15, -0.1) is 0 Å². The molecular formula is C25H29N5O4. The number of fused-ring (bicyclic) bond motifs is 3. The molecule has 2 N–H and O–H groups in total. The molecule has 1 unspecified atom stereocenters. The summed E-state index contributed by atoms with van der Waals surface area (Å²) < 4.78 is 17.2. The van der Waals surface area contributed by atoms with E-state index in [1.165, 1.54) is 0 Å². The van der Waals surface area contributed by atoms with Gasteiger partial charge in [-0.05, 0) is 37.1 Å². The second-order valence-electron chi connectivity index (χ2n) is 9.07. The van der Waals surface area contributed by atoms with Gasteiger partial charge >= 0.3 is 0 Å². The molecule has 0 saturated carbocycles. The topological polar surface area (TPSA) is 102 Å². The van der Waals surface area contributed by atoms with Crippen LogP contribution in [-0.4, -0.2) is 72.2 Å². The number of aromatic nitrogens is 3. The fourth-order valence-corrected chi connectivity index (χ4v) is 5.29. The molecule has 3 fully saturated rings. The Bertz CT molecular complexity index is 1180. The van der Waals surface area contributed by atoms with Crippen LogP contribution in [0, 0.1) is 0 Å². The van der Waals surface area contributed by atoms with Crippen LogP contribution in [0.2, 0.25) is 0 Å². The zero-order chi connectivity index (χ0) is 23.1. The number of aliphatic hydroxyl groups excluding tert-OH is 1. The van der Waals surface area contributed by atoms with Gasteiger partial charge in [0.1, 0.15) is 17.7 Å². The van der Waals surface area contributed by atoms with Crippen molar-refractivity contribution in [3.05, 3.63) is 41.9 Å². The first-order valence-electron chi connectivity index (χ1n) is 11.9. The minimum atomic E-state index is -0.186. The summed E-state index contributed by atoms with van der Waals surface area (Å²) >= 11 is 0. The van der Waals surface area contributed by atoms with Crippen LogP contribution in [0.4, 0.5) is 5.82 Å². The van der Waals surface area contributed by atoms with Crippen molar-refractivity contribution in [2.75, 3.05) is 44.9 Å². The number of hydrogen-bond acceptors (Lipinski definition) is 9. The summed E-state index contributed by atoms with van der Waals surface area (Å²) in [6.45, 7) is 3.51. The standard InChI is InChI=1S/C25H29N5O4/c1-32-22-5-2-15(8-16(22)12-31)20-9-21-19(10-27-20)25(30-17-3-4-18(30)14-33-13-17)29-24(28-21)23-11-26-6-7-34-23/h2,5,8-10,17-18,23,26,31H,3-4,6-7,11-14H2,1H3/t17-,18+,23?. The molecule has 1 aromatic carbocycles. The minimum Gasteiger partial charge on any atom is -0.496 e. The Morgan fingerprint density at radius 2 is 2.03 bits per heavy atom. The second kappa shape index (κ2) is 9.07. The molecule has 9 heteroatoms.